The molecule has 9 heteroatoms. The second-order valence-corrected chi connectivity index (χ2v) is 8.44. The van der Waals surface area contributed by atoms with Gasteiger partial charge >= 0.3 is 0 Å². The Bertz CT molecular complexity index is 864. The van der Waals surface area contributed by atoms with Crippen molar-refractivity contribution in [1.29, 1.82) is 0 Å². The summed E-state index contributed by atoms with van der Waals surface area (Å²) >= 11 is 6.21. The Balaban J connectivity index is 1.57. The second kappa shape index (κ2) is 7.50. The van der Waals surface area contributed by atoms with E-state index in [2.05, 4.69) is 15.0 Å². The van der Waals surface area contributed by atoms with Crippen molar-refractivity contribution < 1.29 is 14.6 Å². The molecule has 0 spiro atoms. The number of aromatic nitrogens is 3. The van der Waals surface area contributed by atoms with Crippen LogP contribution in [0.25, 0.3) is 5.65 Å². The van der Waals surface area contributed by atoms with Crippen LogP contribution in [0.1, 0.15) is 37.2 Å². The number of ether oxygens (including phenoxy) is 1. The van der Waals surface area contributed by atoms with Crippen LogP contribution >= 0.6 is 11.6 Å². The Hall–Kier alpha value is -1.90. The van der Waals surface area contributed by atoms with E-state index in [1.165, 1.54) is 0 Å². The predicted molar refractivity (Wildman–Crippen MR) is 106 cm³/mol. The number of carbonyl (C=O) groups excluding carboxylic acids is 1. The summed E-state index contributed by atoms with van der Waals surface area (Å²) in [5, 5.41) is 15.1. The number of fused-ring (bicyclic) bond motifs is 1. The lowest BCUT2D eigenvalue weighted by Gasteiger charge is -2.37. The molecule has 1 N–H and O–H groups in total. The summed E-state index contributed by atoms with van der Waals surface area (Å²) in [5.74, 6) is 0.910. The lowest BCUT2D eigenvalue weighted by molar-refractivity contribution is -0.0109. The summed E-state index contributed by atoms with van der Waals surface area (Å²) in [6.45, 7) is 7.67. The lowest BCUT2D eigenvalue weighted by atomic mass is 9.83. The second-order valence-electron chi connectivity index (χ2n) is 8.06. The molecule has 0 bridgehead atoms. The maximum absolute atomic E-state index is 13.0. The molecule has 4 rings (SSSR count). The van der Waals surface area contributed by atoms with Gasteiger partial charge in [-0.25, -0.2) is 4.98 Å². The third-order valence-corrected chi connectivity index (χ3v) is 5.91. The monoisotopic (exact) mass is 407 g/mol. The van der Waals surface area contributed by atoms with Gasteiger partial charge in [-0.15, -0.1) is 0 Å². The zero-order valence-corrected chi connectivity index (χ0v) is 17.0. The van der Waals surface area contributed by atoms with Crippen LogP contribution in [-0.4, -0.2) is 75.5 Å². The number of halogens is 1. The summed E-state index contributed by atoms with van der Waals surface area (Å²) in [6, 6.07) is 3.47. The van der Waals surface area contributed by atoms with Crippen LogP contribution in [0.4, 0.5) is 5.82 Å². The van der Waals surface area contributed by atoms with Gasteiger partial charge in [0.05, 0.1) is 18.8 Å². The third kappa shape index (κ3) is 3.81. The van der Waals surface area contributed by atoms with Gasteiger partial charge in [0, 0.05) is 38.3 Å². The first-order chi connectivity index (χ1) is 13.3. The van der Waals surface area contributed by atoms with Gasteiger partial charge in [-0.3, -0.25) is 4.79 Å². The van der Waals surface area contributed by atoms with Crippen LogP contribution in [0.5, 0.6) is 0 Å². The molecule has 0 atom stereocenters. The molecule has 2 saturated heterocycles. The van der Waals surface area contributed by atoms with Crippen molar-refractivity contribution in [1.82, 2.24) is 19.5 Å². The molecule has 2 aliphatic heterocycles. The fraction of sp³-hybridized carbons (Fsp3) is 0.632. The van der Waals surface area contributed by atoms with E-state index in [9.17, 15) is 9.90 Å². The van der Waals surface area contributed by atoms with Crippen LogP contribution in [0, 0.1) is 5.92 Å². The van der Waals surface area contributed by atoms with E-state index in [1.54, 1.807) is 21.5 Å². The first-order valence-electron chi connectivity index (χ1n) is 9.73. The van der Waals surface area contributed by atoms with Gasteiger partial charge in [-0.2, -0.15) is 9.61 Å². The van der Waals surface area contributed by atoms with Gasteiger partial charge in [0.2, 0.25) is 0 Å². The minimum absolute atomic E-state index is 0.108. The zero-order chi connectivity index (χ0) is 19.9. The van der Waals surface area contributed by atoms with Crippen molar-refractivity contribution in [2.45, 2.75) is 32.3 Å². The molecule has 2 aromatic heterocycles. The zero-order valence-electron chi connectivity index (χ0n) is 16.3. The topological polar surface area (TPSA) is 83.2 Å². The molecule has 2 aliphatic rings. The Morgan fingerprint density at radius 3 is 2.54 bits per heavy atom. The van der Waals surface area contributed by atoms with E-state index in [0.717, 1.165) is 31.7 Å². The highest BCUT2D eigenvalue weighted by molar-refractivity contribution is 6.29. The van der Waals surface area contributed by atoms with Crippen LogP contribution in [0.3, 0.4) is 0 Å². The smallest absolute Gasteiger partial charge is 0.274 e. The fourth-order valence-electron chi connectivity index (χ4n) is 4.00. The number of nitrogens with zero attached hydrogens (tertiary/aromatic N) is 5. The highest BCUT2D eigenvalue weighted by Crippen LogP contribution is 2.29. The minimum atomic E-state index is -0.716. The molecule has 8 nitrogen and oxygen atoms in total. The number of rotatable bonds is 3. The number of hydrogen-bond acceptors (Lipinski definition) is 6. The van der Waals surface area contributed by atoms with Gasteiger partial charge in [0.15, 0.2) is 11.3 Å². The van der Waals surface area contributed by atoms with Crippen LogP contribution in [-0.2, 0) is 4.74 Å². The normalized spacial score (nSPS) is 19.4. The number of aliphatic hydroxyl groups is 1. The Kier molecular flexibility index (Phi) is 5.20. The standard InChI is InChI=1S/C19H26ClN5O3/c1-19(2,27)13-3-5-24(6-4-13)18(26)14-11-16-21-15(20)12-17(25(16)22-14)23-7-9-28-10-8-23/h11-13,27H,3-10H2,1-2H3. The number of anilines is 1. The summed E-state index contributed by atoms with van der Waals surface area (Å²) in [5.41, 5.74) is 0.209. The average molecular weight is 408 g/mol. The first-order valence-corrected chi connectivity index (χ1v) is 10.1. The highest BCUT2D eigenvalue weighted by atomic mass is 35.5. The number of carbonyl (C=O) groups is 1. The Morgan fingerprint density at radius 2 is 1.89 bits per heavy atom. The van der Waals surface area contributed by atoms with Crippen molar-refractivity contribution in [2.75, 3.05) is 44.3 Å². The van der Waals surface area contributed by atoms with Crippen LogP contribution < -0.4 is 4.90 Å². The summed E-state index contributed by atoms with van der Waals surface area (Å²) in [4.78, 5) is 21.3. The number of piperidine rings is 1. The van der Waals surface area contributed by atoms with Crippen molar-refractivity contribution in [2.24, 2.45) is 5.92 Å². The quantitative estimate of drug-likeness (QED) is 0.782. The number of likely N-dealkylation sites (tertiary alicyclic amines) is 1. The van der Waals surface area contributed by atoms with E-state index < -0.39 is 5.60 Å². The van der Waals surface area contributed by atoms with Gasteiger partial charge in [-0.1, -0.05) is 11.6 Å². The Labute approximate surface area is 169 Å². The molecule has 4 heterocycles. The maximum Gasteiger partial charge on any atom is 0.274 e. The third-order valence-electron chi connectivity index (χ3n) is 5.71. The molecule has 0 radical (unpaired) electrons. The summed E-state index contributed by atoms with van der Waals surface area (Å²) in [6.07, 6.45) is 1.57. The minimum Gasteiger partial charge on any atom is -0.390 e. The molecule has 0 aromatic carbocycles. The van der Waals surface area contributed by atoms with Crippen molar-refractivity contribution in [3.63, 3.8) is 0 Å². The van der Waals surface area contributed by atoms with Crippen LogP contribution in [0.15, 0.2) is 12.1 Å². The van der Waals surface area contributed by atoms with E-state index in [-0.39, 0.29) is 11.8 Å². The van der Waals surface area contributed by atoms with Gasteiger partial charge in [0.1, 0.15) is 11.0 Å². The molecule has 1 amide bonds. The first kappa shape index (κ1) is 19.4. The molecule has 0 aliphatic carbocycles. The van der Waals surface area contributed by atoms with Crippen molar-refractivity contribution >= 4 is 29.0 Å². The van der Waals surface area contributed by atoms with Gasteiger partial charge in [0.25, 0.3) is 5.91 Å². The molecular formula is C19H26ClN5O3. The molecule has 2 aromatic rings. The molecule has 152 valence electrons. The number of morpholine rings is 1. The molecule has 0 unspecified atom stereocenters. The molecule has 2 fully saturated rings. The van der Waals surface area contributed by atoms with E-state index in [0.29, 0.717) is 42.8 Å². The van der Waals surface area contributed by atoms with Crippen LogP contribution in [0.2, 0.25) is 5.15 Å². The maximum atomic E-state index is 13.0. The largest absolute Gasteiger partial charge is 0.390 e. The molecule has 28 heavy (non-hydrogen) atoms. The van der Waals surface area contributed by atoms with E-state index in [1.807, 2.05) is 13.8 Å². The van der Waals surface area contributed by atoms with Crippen molar-refractivity contribution in [3.8, 4) is 0 Å². The van der Waals surface area contributed by atoms with E-state index in [4.69, 9.17) is 16.3 Å². The summed E-state index contributed by atoms with van der Waals surface area (Å²) in [7, 11) is 0. The fourth-order valence-corrected chi connectivity index (χ4v) is 4.19. The molecule has 0 saturated carbocycles. The van der Waals surface area contributed by atoms with E-state index >= 15 is 0 Å². The Morgan fingerprint density at radius 1 is 1.21 bits per heavy atom. The van der Waals surface area contributed by atoms with Gasteiger partial charge < -0.3 is 19.6 Å². The summed E-state index contributed by atoms with van der Waals surface area (Å²) < 4.78 is 7.11. The predicted octanol–water partition coefficient (Wildman–Crippen LogP) is 1.84. The van der Waals surface area contributed by atoms with Crippen molar-refractivity contribution in [3.05, 3.63) is 23.0 Å². The number of hydrogen-bond donors (Lipinski definition) is 1. The molecular weight excluding hydrogens is 382 g/mol. The average Bonchev–Trinajstić information content (AvgIpc) is 3.10. The SMILES string of the molecule is CC(C)(O)C1CCN(C(=O)c2cc3nc(Cl)cc(N4CCOCC4)n3n2)CC1. The number of amides is 1. The highest BCUT2D eigenvalue weighted by Gasteiger charge is 2.33. The lowest BCUT2D eigenvalue weighted by Crippen LogP contribution is -2.44. The van der Waals surface area contributed by atoms with Gasteiger partial charge in [-0.05, 0) is 32.6 Å².